The van der Waals surface area contributed by atoms with Gasteiger partial charge in [0.1, 0.15) is 0 Å². The van der Waals surface area contributed by atoms with Gasteiger partial charge in [-0.1, -0.05) is 44.5 Å². The predicted octanol–water partition coefficient (Wildman–Crippen LogP) is 3.32. The van der Waals surface area contributed by atoms with Crippen LogP contribution in [0, 0.1) is 5.92 Å². The number of benzene rings is 1. The van der Waals surface area contributed by atoms with E-state index >= 15 is 0 Å². The normalized spacial score (nSPS) is 14.6. The Hall–Kier alpha value is -0.670. The third-order valence-corrected chi connectivity index (χ3v) is 5.05. The van der Waals surface area contributed by atoms with Gasteiger partial charge in [-0.3, -0.25) is 9.00 Å². The summed E-state index contributed by atoms with van der Waals surface area (Å²) >= 11 is 5.92. The predicted molar refractivity (Wildman–Crippen MR) is 73.1 cm³/mol. The van der Waals surface area contributed by atoms with Crippen molar-refractivity contribution < 1.29 is 9.00 Å². The van der Waals surface area contributed by atoms with E-state index in [9.17, 15) is 9.00 Å². The highest BCUT2D eigenvalue weighted by atomic mass is 35.5. The Kier molecular flexibility index (Phi) is 5.34. The van der Waals surface area contributed by atoms with E-state index in [0.29, 0.717) is 16.5 Å². The molecule has 0 aromatic heterocycles. The number of ketones is 1. The largest absolute Gasteiger partial charge is 0.293 e. The molecular weight excluding hydrogens is 256 g/mol. The number of halogens is 1. The number of hydrogen-bond acceptors (Lipinski definition) is 2. The van der Waals surface area contributed by atoms with E-state index in [1.165, 1.54) is 0 Å². The van der Waals surface area contributed by atoms with E-state index in [-0.39, 0.29) is 16.8 Å². The number of carbonyl (C=O) groups excluding carboxylic acids is 1. The van der Waals surface area contributed by atoms with E-state index < -0.39 is 10.8 Å². The smallest absolute Gasteiger partial charge is 0.176 e. The zero-order chi connectivity index (χ0) is 13.0. The van der Waals surface area contributed by atoms with Crippen molar-refractivity contribution in [1.29, 1.82) is 0 Å². The van der Waals surface area contributed by atoms with Crippen molar-refractivity contribution in [2.75, 3.05) is 5.75 Å². The fourth-order valence-electron chi connectivity index (χ4n) is 1.33. The maximum Gasteiger partial charge on any atom is 0.176 e. The number of Topliss-reactive ketones (excluding diaryl/α,β-unsaturated/α-hetero) is 1. The first-order chi connectivity index (χ1) is 7.93. The van der Waals surface area contributed by atoms with Gasteiger partial charge in [0.15, 0.2) is 5.78 Å². The zero-order valence-electron chi connectivity index (χ0n) is 10.3. The number of carbonyl (C=O) groups is 1. The van der Waals surface area contributed by atoms with Crippen LogP contribution in [-0.4, -0.2) is 21.0 Å². The van der Waals surface area contributed by atoms with Crippen LogP contribution >= 0.6 is 11.6 Å². The molecule has 4 heteroatoms. The first kappa shape index (κ1) is 14.4. The van der Waals surface area contributed by atoms with Crippen molar-refractivity contribution in [3.05, 3.63) is 34.9 Å². The van der Waals surface area contributed by atoms with Gasteiger partial charge in [-0.25, -0.2) is 0 Å². The molecule has 0 amide bonds. The number of hydrogen-bond donors (Lipinski definition) is 0. The molecule has 0 bridgehead atoms. The summed E-state index contributed by atoms with van der Waals surface area (Å²) in [5.41, 5.74) is 0.457. The molecule has 1 aromatic carbocycles. The van der Waals surface area contributed by atoms with Gasteiger partial charge in [0.05, 0.1) is 10.8 Å². The van der Waals surface area contributed by atoms with Gasteiger partial charge in [-0.2, -0.15) is 0 Å². The van der Waals surface area contributed by atoms with Crippen LogP contribution in [0.25, 0.3) is 0 Å². The Balaban J connectivity index is 2.74. The van der Waals surface area contributed by atoms with E-state index in [4.69, 9.17) is 11.6 Å². The molecule has 1 aromatic rings. The molecule has 0 aliphatic carbocycles. The average Bonchev–Trinajstić information content (AvgIpc) is 2.28. The average molecular weight is 273 g/mol. The van der Waals surface area contributed by atoms with Crippen molar-refractivity contribution in [1.82, 2.24) is 0 Å². The van der Waals surface area contributed by atoms with Gasteiger partial charge in [-0.15, -0.1) is 0 Å². The van der Waals surface area contributed by atoms with Crippen molar-refractivity contribution in [2.45, 2.75) is 26.0 Å². The van der Waals surface area contributed by atoms with Crippen LogP contribution in [0.4, 0.5) is 0 Å². The maximum atomic E-state index is 11.9. The zero-order valence-corrected chi connectivity index (χ0v) is 11.8. The second kappa shape index (κ2) is 6.31. The van der Waals surface area contributed by atoms with E-state index in [1.807, 2.05) is 20.8 Å². The molecule has 0 heterocycles. The highest BCUT2D eigenvalue weighted by molar-refractivity contribution is 7.86. The third kappa shape index (κ3) is 3.93. The minimum absolute atomic E-state index is 0.0152. The molecule has 0 saturated heterocycles. The quantitative estimate of drug-likeness (QED) is 0.771. The monoisotopic (exact) mass is 272 g/mol. The van der Waals surface area contributed by atoms with Crippen molar-refractivity contribution >= 4 is 28.2 Å². The van der Waals surface area contributed by atoms with Gasteiger partial charge in [-0.05, 0) is 18.1 Å². The third-order valence-electron chi connectivity index (χ3n) is 2.80. The van der Waals surface area contributed by atoms with E-state index in [2.05, 4.69) is 0 Å². The Morgan fingerprint density at radius 2 is 1.88 bits per heavy atom. The Morgan fingerprint density at radius 3 is 2.41 bits per heavy atom. The van der Waals surface area contributed by atoms with Gasteiger partial charge in [0, 0.05) is 21.6 Å². The molecule has 2 atom stereocenters. The standard InChI is InChI=1S/C13H17ClO2S/c1-9(2)10(3)17(16)8-13(15)11-6-4-5-7-12(11)14/h4-7,9-10H,8H2,1-3H3. The van der Waals surface area contributed by atoms with Gasteiger partial charge >= 0.3 is 0 Å². The van der Waals surface area contributed by atoms with Crippen LogP contribution in [0.2, 0.25) is 5.02 Å². The summed E-state index contributed by atoms with van der Waals surface area (Å²) in [7, 11) is -1.14. The molecule has 0 radical (unpaired) electrons. The molecule has 0 spiro atoms. The van der Waals surface area contributed by atoms with Crippen LogP contribution in [0.1, 0.15) is 31.1 Å². The van der Waals surface area contributed by atoms with Crippen molar-refractivity contribution in [3.8, 4) is 0 Å². The Morgan fingerprint density at radius 1 is 1.29 bits per heavy atom. The fourth-order valence-corrected chi connectivity index (χ4v) is 2.85. The van der Waals surface area contributed by atoms with Crippen LogP contribution in [0.5, 0.6) is 0 Å². The van der Waals surface area contributed by atoms with E-state index in [0.717, 1.165) is 0 Å². The summed E-state index contributed by atoms with van der Waals surface area (Å²) in [6, 6.07) is 6.87. The lowest BCUT2D eigenvalue weighted by atomic mass is 10.1. The minimum atomic E-state index is -1.14. The second-order valence-corrected chi connectivity index (χ2v) is 6.58. The summed E-state index contributed by atoms with van der Waals surface area (Å²) in [6.45, 7) is 5.91. The molecule has 0 saturated carbocycles. The van der Waals surface area contributed by atoms with Crippen LogP contribution in [0.3, 0.4) is 0 Å². The van der Waals surface area contributed by atoms with Gasteiger partial charge in [0.25, 0.3) is 0 Å². The molecule has 17 heavy (non-hydrogen) atoms. The summed E-state index contributed by atoms with van der Waals surface area (Å²) in [5, 5.41) is 0.438. The highest BCUT2D eigenvalue weighted by Gasteiger charge is 2.19. The summed E-state index contributed by atoms with van der Waals surface area (Å²) in [4.78, 5) is 11.9. The number of rotatable bonds is 5. The van der Waals surface area contributed by atoms with Crippen LogP contribution in [0.15, 0.2) is 24.3 Å². The Bertz CT molecular complexity index is 429. The summed E-state index contributed by atoms with van der Waals surface area (Å²) in [6.07, 6.45) is 0. The molecule has 94 valence electrons. The lowest BCUT2D eigenvalue weighted by Gasteiger charge is -2.14. The van der Waals surface area contributed by atoms with Crippen molar-refractivity contribution in [2.24, 2.45) is 5.92 Å². The second-order valence-electron chi connectivity index (χ2n) is 4.38. The summed E-state index contributed by atoms with van der Waals surface area (Å²) in [5.74, 6) is 0.194. The fraction of sp³-hybridized carbons (Fsp3) is 0.462. The van der Waals surface area contributed by atoms with E-state index in [1.54, 1.807) is 24.3 Å². The molecule has 0 aliphatic rings. The SMILES string of the molecule is CC(C)C(C)S(=O)CC(=O)c1ccccc1Cl. The van der Waals surface area contributed by atoms with Crippen LogP contribution < -0.4 is 0 Å². The summed E-state index contributed by atoms with van der Waals surface area (Å²) < 4.78 is 11.9. The molecule has 2 unspecified atom stereocenters. The lowest BCUT2D eigenvalue weighted by Crippen LogP contribution is -2.24. The molecular formula is C13H17ClO2S. The maximum absolute atomic E-state index is 11.9. The molecule has 0 aliphatic heterocycles. The van der Waals surface area contributed by atoms with Gasteiger partial charge in [0.2, 0.25) is 0 Å². The Labute approximate surface area is 110 Å². The topological polar surface area (TPSA) is 34.1 Å². The molecule has 0 N–H and O–H groups in total. The molecule has 0 fully saturated rings. The highest BCUT2D eigenvalue weighted by Crippen LogP contribution is 2.17. The lowest BCUT2D eigenvalue weighted by molar-refractivity contribution is 0.102. The molecule has 1 rings (SSSR count). The first-order valence-electron chi connectivity index (χ1n) is 5.58. The first-order valence-corrected chi connectivity index (χ1v) is 7.34. The molecule has 2 nitrogen and oxygen atoms in total. The van der Waals surface area contributed by atoms with Crippen molar-refractivity contribution in [3.63, 3.8) is 0 Å². The van der Waals surface area contributed by atoms with Gasteiger partial charge < -0.3 is 0 Å². The minimum Gasteiger partial charge on any atom is -0.293 e. The van der Waals surface area contributed by atoms with Crippen LogP contribution in [-0.2, 0) is 10.8 Å².